The summed E-state index contributed by atoms with van der Waals surface area (Å²) < 4.78 is 0. The van der Waals surface area contributed by atoms with Gasteiger partial charge in [0, 0.05) is 44.4 Å². The number of urea groups is 1. The molecule has 4 rings (SSSR count). The molecule has 3 amide bonds. The second-order valence-corrected chi connectivity index (χ2v) is 8.08. The second-order valence-electron chi connectivity index (χ2n) is 8.08. The number of carbonyl (C=O) groups excluding carboxylic acids is 2. The SMILES string of the molecule is Cc1ccc(C(=O)N(C)C)cc1NC(=O)N1CCC[C@@H](c2nc3ccccc3[nH]2)C1. The molecule has 156 valence electrons. The molecule has 1 aliphatic rings. The predicted octanol–water partition coefficient (Wildman–Crippen LogP) is 3.98. The van der Waals surface area contributed by atoms with Crippen molar-refractivity contribution >= 4 is 28.7 Å². The molecule has 1 saturated heterocycles. The Hall–Kier alpha value is -3.35. The summed E-state index contributed by atoms with van der Waals surface area (Å²) in [6.45, 7) is 3.24. The molecule has 2 N–H and O–H groups in total. The highest BCUT2D eigenvalue weighted by Gasteiger charge is 2.27. The van der Waals surface area contributed by atoms with Gasteiger partial charge in [0.2, 0.25) is 0 Å². The van der Waals surface area contributed by atoms with E-state index in [1.165, 1.54) is 4.90 Å². The van der Waals surface area contributed by atoms with E-state index in [2.05, 4.69) is 10.3 Å². The lowest BCUT2D eigenvalue weighted by Gasteiger charge is -2.32. The number of anilines is 1. The smallest absolute Gasteiger partial charge is 0.321 e. The molecule has 7 heteroatoms. The summed E-state index contributed by atoms with van der Waals surface area (Å²) in [6.07, 6.45) is 1.92. The van der Waals surface area contributed by atoms with E-state index in [1.54, 1.807) is 26.2 Å². The third kappa shape index (κ3) is 4.01. The summed E-state index contributed by atoms with van der Waals surface area (Å²) >= 11 is 0. The number of benzene rings is 2. The zero-order chi connectivity index (χ0) is 21.3. The molecule has 0 radical (unpaired) electrons. The fourth-order valence-electron chi connectivity index (χ4n) is 3.89. The first kappa shape index (κ1) is 19.9. The van der Waals surface area contributed by atoms with Crippen molar-refractivity contribution in [1.82, 2.24) is 19.8 Å². The second kappa shape index (κ2) is 8.18. The minimum absolute atomic E-state index is 0.0894. The fourth-order valence-corrected chi connectivity index (χ4v) is 3.89. The largest absolute Gasteiger partial charge is 0.345 e. The van der Waals surface area contributed by atoms with Crippen LogP contribution in [0.5, 0.6) is 0 Å². The van der Waals surface area contributed by atoms with Gasteiger partial charge in [-0.25, -0.2) is 9.78 Å². The van der Waals surface area contributed by atoms with Crippen LogP contribution in [-0.2, 0) is 0 Å². The molecule has 0 saturated carbocycles. The van der Waals surface area contributed by atoms with Crippen LogP contribution in [-0.4, -0.2) is 58.9 Å². The maximum absolute atomic E-state index is 13.0. The zero-order valence-electron chi connectivity index (χ0n) is 17.6. The van der Waals surface area contributed by atoms with E-state index in [9.17, 15) is 9.59 Å². The van der Waals surface area contributed by atoms with Gasteiger partial charge in [-0.1, -0.05) is 18.2 Å². The van der Waals surface area contributed by atoms with Gasteiger partial charge in [0.25, 0.3) is 5.91 Å². The van der Waals surface area contributed by atoms with E-state index >= 15 is 0 Å². The monoisotopic (exact) mass is 405 g/mol. The predicted molar refractivity (Wildman–Crippen MR) is 118 cm³/mol. The highest BCUT2D eigenvalue weighted by atomic mass is 16.2. The Morgan fingerprint density at radius 2 is 2.00 bits per heavy atom. The van der Waals surface area contributed by atoms with E-state index in [1.807, 2.05) is 42.2 Å². The maximum atomic E-state index is 13.0. The van der Waals surface area contributed by atoms with Gasteiger partial charge in [-0.15, -0.1) is 0 Å². The average Bonchev–Trinajstić information content (AvgIpc) is 3.19. The molecule has 0 aliphatic carbocycles. The molecule has 3 aromatic rings. The van der Waals surface area contributed by atoms with Gasteiger partial charge in [-0.05, 0) is 49.6 Å². The van der Waals surface area contributed by atoms with Crippen LogP contribution in [0.2, 0.25) is 0 Å². The number of imidazole rings is 1. The van der Waals surface area contributed by atoms with Crippen molar-refractivity contribution in [2.24, 2.45) is 0 Å². The summed E-state index contributed by atoms with van der Waals surface area (Å²) in [6, 6.07) is 13.2. The number of hydrogen-bond donors (Lipinski definition) is 2. The van der Waals surface area contributed by atoms with Crippen LogP contribution in [0.3, 0.4) is 0 Å². The van der Waals surface area contributed by atoms with Gasteiger partial charge in [0.1, 0.15) is 5.82 Å². The van der Waals surface area contributed by atoms with Crippen molar-refractivity contribution in [3.05, 3.63) is 59.4 Å². The van der Waals surface area contributed by atoms with Crippen LogP contribution in [0.4, 0.5) is 10.5 Å². The molecule has 1 aliphatic heterocycles. The Kier molecular flexibility index (Phi) is 5.44. The number of rotatable bonds is 3. The van der Waals surface area contributed by atoms with Crippen molar-refractivity contribution in [2.45, 2.75) is 25.7 Å². The number of likely N-dealkylation sites (tertiary alicyclic amines) is 1. The number of H-pyrrole nitrogens is 1. The fraction of sp³-hybridized carbons (Fsp3) is 0.348. The standard InChI is InChI=1S/C23H27N5O2/c1-15-10-11-16(22(29)27(2)3)13-20(15)26-23(30)28-12-6-7-17(14-28)21-24-18-8-4-5-9-19(18)25-21/h4-5,8-11,13,17H,6-7,12,14H2,1-3H3,(H,24,25)(H,26,30)/t17-/m1/s1. The van der Waals surface area contributed by atoms with Crippen molar-refractivity contribution < 1.29 is 9.59 Å². The molecule has 1 atom stereocenters. The summed E-state index contributed by atoms with van der Waals surface area (Å²) in [7, 11) is 3.43. The highest BCUT2D eigenvalue weighted by molar-refractivity contribution is 5.97. The van der Waals surface area contributed by atoms with Crippen LogP contribution in [0.15, 0.2) is 42.5 Å². The molecule has 0 unspecified atom stereocenters. The number of carbonyl (C=O) groups is 2. The lowest BCUT2D eigenvalue weighted by atomic mass is 9.97. The molecule has 30 heavy (non-hydrogen) atoms. The first-order valence-electron chi connectivity index (χ1n) is 10.3. The number of amides is 3. The zero-order valence-corrected chi connectivity index (χ0v) is 17.6. The maximum Gasteiger partial charge on any atom is 0.321 e. The summed E-state index contributed by atoms with van der Waals surface area (Å²) in [5, 5.41) is 3.00. The Balaban J connectivity index is 1.48. The number of piperidine rings is 1. The van der Waals surface area contributed by atoms with Gasteiger partial charge in [0.15, 0.2) is 0 Å². The molecular formula is C23H27N5O2. The first-order chi connectivity index (χ1) is 14.4. The van der Waals surface area contributed by atoms with Crippen molar-refractivity contribution in [3.63, 3.8) is 0 Å². The quantitative estimate of drug-likeness (QED) is 0.691. The molecule has 0 bridgehead atoms. The molecule has 2 aromatic carbocycles. The van der Waals surface area contributed by atoms with E-state index in [0.29, 0.717) is 24.3 Å². The summed E-state index contributed by atoms with van der Waals surface area (Å²) in [5.41, 5.74) is 4.11. The lowest BCUT2D eigenvalue weighted by Crippen LogP contribution is -2.42. The minimum Gasteiger partial charge on any atom is -0.345 e. The summed E-state index contributed by atoms with van der Waals surface area (Å²) in [4.78, 5) is 36.7. The molecule has 1 fully saturated rings. The van der Waals surface area contributed by atoms with Crippen LogP contribution in [0, 0.1) is 6.92 Å². The number of nitrogens with one attached hydrogen (secondary N) is 2. The van der Waals surface area contributed by atoms with Crippen molar-refractivity contribution in [3.8, 4) is 0 Å². The minimum atomic E-state index is -0.145. The van der Waals surface area contributed by atoms with Gasteiger partial charge >= 0.3 is 6.03 Å². The number of aromatic amines is 1. The highest BCUT2D eigenvalue weighted by Crippen LogP contribution is 2.27. The number of aryl methyl sites for hydroxylation is 1. The van der Waals surface area contributed by atoms with Gasteiger partial charge in [-0.2, -0.15) is 0 Å². The normalized spacial score (nSPS) is 16.5. The lowest BCUT2D eigenvalue weighted by molar-refractivity contribution is 0.0827. The number of nitrogens with zero attached hydrogens (tertiary/aromatic N) is 3. The molecule has 0 spiro atoms. The average molecular weight is 406 g/mol. The van der Waals surface area contributed by atoms with Crippen molar-refractivity contribution in [2.75, 3.05) is 32.5 Å². The summed E-state index contributed by atoms with van der Waals surface area (Å²) in [5.74, 6) is 1.02. The molecule has 2 heterocycles. The van der Waals surface area contributed by atoms with Gasteiger partial charge in [0.05, 0.1) is 11.0 Å². The van der Waals surface area contributed by atoms with Crippen molar-refractivity contribution in [1.29, 1.82) is 0 Å². The van der Waals surface area contributed by atoms with E-state index in [-0.39, 0.29) is 17.9 Å². The van der Waals surface area contributed by atoms with E-state index in [4.69, 9.17) is 4.98 Å². The number of aromatic nitrogens is 2. The number of para-hydroxylation sites is 2. The third-order valence-corrected chi connectivity index (χ3v) is 5.64. The Bertz CT molecular complexity index is 1060. The Labute approximate surface area is 176 Å². The van der Waals surface area contributed by atoms with Crippen LogP contribution >= 0.6 is 0 Å². The number of fused-ring (bicyclic) bond motifs is 1. The molecule has 7 nitrogen and oxygen atoms in total. The van der Waals surface area contributed by atoms with Crippen LogP contribution < -0.4 is 5.32 Å². The first-order valence-corrected chi connectivity index (χ1v) is 10.3. The third-order valence-electron chi connectivity index (χ3n) is 5.64. The van der Waals surface area contributed by atoms with Gasteiger partial charge < -0.3 is 20.1 Å². The van der Waals surface area contributed by atoms with Crippen LogP contribution in [0.25, 0.3) is 11.0 Å². The number of hydrogen-bond acceptors (Lipinski definition) is 3. The van der Waals surface area contributed by atoms with E-state index < -0.39 is 0 Å². The van der Waals surface area contributed by atoms with E-state index in [0.717, 1.165) is 35.3 Å². The Morgan fingerprint density at radius 1 is 1.20 bits per heavy atom. The molecular weight excluding hydrogens is 378 g/mol. The van der Waals surface area contributed by atoms with Crippen LogP contribution in [0.1, 0.15) is 40.5 Å². The topological polar surface area (TPSA) is 81.3 Å². The van der Waals surface area contributed by atoms with Gasteiger partial charge in [-0.3, -0.25) is 4.79 Å². The Morgan fingerprint density at radius 3 is 2.77 bits per heavy atom. The molecule has 1 aromatic heterocycles.